The van der Waals surface area contributed by atoms with Crippen LogP contribution in [-0.2, 0) is 12.8 Å². The first-order chi connectivity index (χ1) is 14.5. The summed E-state index contributed by atoms with van der Waals surface area (Å²) < 4.78 is 7.11. The molecule has 2 aliphatic rings. The third-order valence-electron chi connectivity index (χ3n) is 6.74. The van der Waals surface area contributed by atoms with E-state index in [9.17, 15) is 0 Å². The van der Waals surface area contributed by atoms with Gasteiger partial charge in [-0.3, -0.25) is 0 Å². The third kappa shape index (κ3) is 5.20. The monoisotopic (exact) mass is 470 g/mol. The van der Waals surface area contributed by atoms with Gasteiger partial charge in [0, 0.05) is 29.8 Å². The Bertz CT molecular complexity index is 845. The molecule has 0 N–H and O–H groups in total. The van der Waals surface area contributed by atoms with E-state index in [0.717, 1.165) is 18.1 Å². The van der Waals surface area contributed by atoms with Gasteiger partial charge in [-0.25, -0.2) is 0 Å². The van der Waals surface area contributed by atoms with Crippen molar-refractivity contribution in [3.63, 3.8) is 0 Å². The van der Waals surface area contributed by atoms with Crippen LogP contribution in [0.3, 0.4) is 0 Å². The smallest absolute Gasteiger partial charge is 0.120 e. The maximum atomic E-state index is 5.90. The number of hydrogen-bond donors (Lipinski definition) is 0. The van der Waals surface area contributed by atoms with Crippen LogP contribution in [0.25, 0.3) is 0 Å². The van der Waals surface area contributed by atoms with Crippen molar-refractivity contribution < 1.29 is 4.74 Å². The van der Waals surface area contributed by atoms with E-state index in [2.05, 4.69) is 89.1 Å². The lowest BCUT2D eigenvalue weighted by molar-refractivity contribution is 0.171. The van der Waals surface area contributed by atoms with E-state index < -0.39 is 0 Å². The van der Waals surface area contributed by atoms with Crippen molar-refractivity contribution in [1.82, 2.24) is 4.90 Å². The predicted molar refractivity (Wildman–Crippen MR) is 130 cm³/mol. The largest absolute Gasteiger partial charge is 0.491 e. The number of hydrogen-bond acceptors (Lipinski definition) is 3. The van der Waals surface area contributed by atoms with Crippen molar-refractivity contribution in [2.75, 3.05) is 31.6 Å². The fraction of sp³-hybridized carbons (Fsp3) is 0.538. The van der Waals surface area contributed by atoms with Crippen molar-refractivity contribution in [2.45, 2.75) is 58.1 Å². The van der Waals surface area contributed by atoms with E-state index in [1.54, 1.807) is 0 Å². The zero-order valence-corrected chi connectivity index (χ0v) is 20.2. The SMILES string of the molecule is CC(C)Oc1ccc(Br)c(CC2CCN(CC3CCc4ccccc4N3C)CC2)c1. The zero-order chi connectivity index (χ0) is 21.1. The second-order valence-corrected chi connectivity index (χ2v) is 10.2. The van der Waals surface area contributed by atoms with E-state index in [-0.39, 0.29) is 6.10 Å². The first kappa shape index (κ1) is 21.7. The first-order valence-corrected chi connectivity index (χ1v) is 12.3. The summed E-state index contributed by atoms with van der Waals surface area (Å²) in [5.41, 5.74) is 4.32. The van der Waals surface area contributed by atoms with Gasteiger partial charge in [0.05, 0.1) is 6.10 Å². The molecule has 4 heteroatoms. The number of anilines is 1. The topological polar surface area (TPSA) is 15.7 Å². The van der Waals surface area contributed by atoms with Crippen LogP contribution in [0.2, 0.25) is 0 Å². The average molecular weight is 471 g/mol. The predicted octanol–water partition coefficient (Wildman–Crippen LogP) is 5.94. The Hall–Kier alpha value is -1.52. The second-order valence-electron chi connectivity index (χ2n) is 9.30. The highest BCUT2D eigenvalue weighted by Crippen LogP contribution is 2.32. The molecule has 1 saturated heterocycles. The summed E-state index contributed by atoms with van der Waals surface area (Å²) in [7, 11) is 2.28. The number of para-hydroxylation sites is 1. The number of ether oxygens (including phenoxy) is 1. The average Bonchev–Trinajstić information content (AvgIpc) is 2.74. The molecule has 0 bridgehead atoms. The minimum atomic E-state index is 0.215. The Kier molecular flexibility index (Phi) is 7.05. The van der Waals surface area contributed by atoms with Gasteiger partial charge in [-0.2, -0.15) is 0 Å². The van der Waals surface area contributed by atoms with Crippen LogP contribution < -0.4 is 9.64 Å². The molecule has 1 unspecified atom stereocenters. The lowest BCUT2D eigenvalue weighted by Crippen LogP contribution is -2.47. The summed E-state index contributed by atoms with van der Waals surface area (Å²) in [6.45, 7) is 7.80. The molecule has 0 radical (unpaired) electrons. The highest BCUT2D eigenvalue weighted by Gasteiger charge is 2.27. The van der Waals surface area contributed by atoms with Crippen molar-refractivity contribution in [3.05, 3.63) is 58.1 Å². The van der Waals surface area contributed by atoms with E-state index in [0.29, 0.717) is 6.04 Å². The summed E-state index contributed by atoms with van der Waals surface area (Å²) in [6, 6.07) is 16.0. The summed E-state index contributed by atoms with van der Waals surface area (Å²) in [5.74, 6) is 1.75. The number of likely N-dealkylation sites (N-methyl/N-ethyl adjacent to an activating group) is 1. The summed E-state index contributed by atoms with van der Waals surface area (Å²) in [6.07, 6.45) is 6.41. The molecule has 0 aromatic heterocycles. The molecule has 3 nitrogen and oxygen atoms in total. The summed E-state index contributed by atoms with van der Waals surface area (Å²) >= 11 is 3.75. The van der Waals surface area contributed by atoms with E-state index in [4.69, 9.17) is 4.74 Å². The lowest BCUT2D eigenvalue weighted by atomic mass is 9.89. The van der Waals surface area contributed by atoms with Gasteiger partial charge in [0.15, 0.2) is 0 Å². The molecule has 1 fully saturated rings. The Labute approximate surface area is 190 Å². The van der Waals surface area contributed by atoms with Gasteiger partial charge >= 0.3 is 0 Å². The van der Waals surface area contributed by atoms with Crippen molar-refractivity contribution in [2.24, 2.45) is 5.92 Å². The van der Waals surface area contributed by atoms with Crippen LogP contribution in [-0.4, -0.2) is 43.7 Å². The zero-order valence-electron chi connectivity index (χ0n) is 18.6. The van der Waals surface area contributed by atoms with Crippen molar-refractivity contribution >= 4 is 21.6 Å². The van der Waals surface area contributed by atoms with Crippen LogP contribution in [0.15, 0.2) is 46.9 Å². The van der Waals surface area contributed by atoms with Crippen molar-refractivity contribution in [3.8, 4) is 5.75 Å². The summed E-state index contributed by atoms with van der Waals surface area (Å²) in [4.78, 5) is 5.21. The minimum Gasteiger partial charge on any atom is -0.491 e. The van der Waals surface area contributed by atoms with Gasteiger partial charge in [-0.15, -0.1) is 0 Å². The molecular formula is C26H35BrN2O. The minimum absolute atomic E-state index is 0.215. The second kappa shape index (κ2) is 9.74. The molecule has 0 saturated carbocycles. The van der Waals surface area contributed by atoms with E-state index in [1.165, 1.54) is 66.6 Å². The van der Waals surface area contributed by atoms with Gasteiger partial charge in [0.2, 0.25) is 0 Å². The molecule has 1 atom stereocenters. The molecule has 0 amide bonds. The number of likely N-dealkylation sites (tertiary alicyclic amines) is 1. The Morgan fingerprint density at radius 2 is 1.83 bits per heavy atom. The Morgan fingerprint density at radius 3 is 2.60 bits per heavy atom. The highest BCUT2D eigenvalue weighted by molar-refractivity contribution is 9.10. The molecule has 2 aliphatic heterocycles. The number of fused-ring (bicyclic) bond motifs is 1. The van der Waals surface area contributed by atoms with E-state index in [1.807, 2.05) is 0 Å². The van der Waals surface area contributed by atoms with Crippen LogP contribution >= 0.6 is 15.9 Å². The van der Waals surface area contributed by atoms with Crippen LogP contribution in [0.5, 0.6) is 5.75 Å². The third-order valence-corrected chi connectivity index (χ3v) is 7.51. The molecule has 0 aliphatic carbocycles. The normalized spacial score (nSPS) is 20.4. The maximum absolute atomic E-state index is 5.90. The van der Waals surface area contributed by atoms with Gasteiger partial charge in [0.25, 0.3) is 0 Å². The number of rotatable bonds is 6. The standard InChI is InChI=1S/C26H35BrN2O/c1-19(2)30-24-10-11-25(27)22(17-24)16-20-12-14-29(15-13-20)18-23-9-8-21-6-4-5-7-26(21)28(23)3/h4-7,10-11,17,19-20,23H,8-9,12-16,18H2,1-3H3. The fourth-order valence-corrected chi connectivity index (χ4v) is 5.44. The molecule has 4 rings (SSSR count). The van der Waals surface area contributed by atoms with Crippen LogP contribution in [0.4, 0.5) is 5.69 Å². The lowest BCUT2D eigenvalue weighted by Gasteiger charge is -2.41. The highest BCUT2D eigenvalue weighted by atomic mass is 79.9. The van der Waals surface area contributed by atoms with E-state index >= 15 is 0 Å². The van der Waals surface area contributed by atoms with Gasteiger partial charge in [-0.1, -0.05) is 34.1 Å². The fourth-order valence-electron chi connectivity index (χ4n) is 5.03. The van der Waals surface area contributed by atoms with Crippen LogP contribution in [0, 0.1) is 5.92 Å². The molecular weight excluding hydrogens is 436 g/mol. The number of benzene rings is 2. The van der Waals surface area contributed by atoms with Gasteiger partial charge < -0.3 is 14.5 Å². The molecule has 0 spiro atoms. The maximum Gasteiger partial charge on any atom is 0.120 e. The van der Waals surface area contributed by atoms with Gasteiger partial charge in [-0.05, 0) is 100 Å². The molecule has 2 aromatic carbocycles. The molecule has 162 valence electrons. The number of halogens is 1. The van der Waals surface area contributed by atoms with Crippen molar-refractivity contribution in [1.29, 1.82) is 0 Å². The molecule has 2 heterocycles. The Balaban J connectivity index is 1.30. The number of piperidine rings is 1. The molecule has 30 heavy (non-hydrogen) atoms. The van der Waals surface area contributed by atoms with Crippen LogP contribution in [0.1, 0.15) is 44.2 Å². The number of nitrogens with zero attached hydrogens (tertiary/aromatic N) is 2. The first-order valence-electron chi connectivity index (χ1n) is 11.5. The Morgan fingerprint density at radius 1 is 1.07 bits per heavy atom. The van der Waals surface area contributed by atoms with Gasteiger partial charge in [0.1, 0.15) is 5.75 Å². The quantitative estimate of drug-likeness (QED) is 0.519. The number of aryl methyl sites for hydroxylation is 1. The summed E-state index contributed by atoms with van der Waals surface area (Å²) in [5, 5.41) is 0. The molecule has 2 aromatic rings.